The van der Waals surface area contributed by atoms with Crippen molar-refractivity contribution >= 4 is 15.9 Å². The molecule has 0 bridgehead atoms. The third-order valence-electron chi connectivity index (χ3n) is 2.91. The van der Waals surface area contributed by atoms with Gasteiger partial charge in [0.15, 0.2) is 5.69 Å². The fourth-order valence-corrected chi connectivity index (χ4v) is 2.41. The van der Waals surface area contributed by atoms with Gasteiger partial charge in [-0.05, 0) is 40.2 Å². The summed E-state index contributed by atoms with van der Waals surface area (Å²) < 4.78 is 53.4. The highest BCUT2D eigenvalue weighted by Gasteiger charge is 2.37. The molecule has 2 aromatic rings. The molecule has 0 aliphatic rings. The number of nitrogens with zero attached hydrogens (tertiary/aromatic N) is 2. The van der Waals surface area contributed by atoms with Gasteiger partial charge in [0, 0.05) is 9.89 Å². The van der Waals surface area contributed by atoms with E-state index in [9.17, 15) is 17.6 Å². The Labute approximate surface area is 127 Å². The van der Waals surface area contributed by atoms with Crippen molar-refractivity contribution in [2.75, 3.05) is 0 Å². The first kappa shape index (κ1) is 16.0. The van der Waals surface area contributed by atoms with Crippen LogP contribution < -0.4 is 0 Å². The van der Waals surface area contributed by atoms with Gasteiger partial charge in [-0.25, -0.2) is 9.07 Å². The summed E-state index contributed by atoms with van der Waals surface area (Å²) in [6, 6.07) is 4.79. The van der Waals surface area contributed by atoms with Crippen molar-refractivity contribution in [3.05, 3.63) is 45.9 Å². The molecule has 0 radical (unpaired) electrons. The van der Waals surface area contributed by atoms with E-state index >= 15 is 0 Å². The summed E-state index contributed by atoms with van der Waals surface area (Å²) in [5.74, 6) is -0.480. The first-order valence-corrected chi connectivity index (χ1v) is 6.92. The van der Waals surface area contributed by atoms with Crippen molar-refractivity contribution < 1.29 is 17.6 Å². The SMILES string of the molecule is CC(C)(C)c1cc(C(F)(F)F)nn1-c1ccc(F)cc1Br. The van der Waals surface area contributed by atoms with Crippen LogP contribution in [-0.2, 0) is 11.6 Å². The second kappa shape index (κ2) is 5.12. The molecule has 21 heavy (non-hydrogen) atoms. The summed E-state index contributed by atoms with van der Waals surface area (Å²) in [7, 11) is 0. The first-order chi connectivity index (χ1) is 9.50. The van der Waals surface area contributed by atoms with Gasteiger partial charge in [-0.1, -0.05) is 20.8 Å². The molecular formula is C14H13BrF4N2. The summed E-state index contributed by atoms with van der Waals surface area (Å²) in [6.07, 6.45) is -4.53. The summed E-state index contributed by atoms with van der Waals surface area (Å²) in [5, 5.41) is 3.65. The van der Waals surface area contributed by atoms with Crippen molar-refractivity contribution in [2.24, 2.45) is 0 Å². The molecule has 0 spiro atoms. The Balaban J connectivity index is 2.69. The fourth-order valence-electron chi connectivity index (χ4n) is 1.89. The van der Waals surface area contributed by atoms with E-state index in [0.717, 1.165) is 6.07 Å². The highest BCUT2D eigenvalue weighted by atomic mass is 79.9. The lowest BCUT2D eigenvalue weighted by Gasteiger charge is -2.20. The lowest BCUT2D eigenvalue weighted by molar-refractivity contribution is -0.141. The third-order valence-corrected chi connectivity index (χ3v) is 3.54. The number of hydrogen-bond acceptors (Lipinski definition) is 1. The molecule has 2 rings (SSSR count). The Bertz CT molecular complexity index is 669. The Morgan fingerprint density at radius 3 is 2.19 bits per heavy atom. The van der Waals surface area contributed by atoms with Crippen LogP contribution in [0.2, 0.25) is 0 Å². The lowest BCUT2D eigenvalue weighted by atomic mass is 9.91. The molecule has 0 aliphatic heterocycles. The first-order valence-electron chi connectivity index (χ1n) is 6.13. The minimum atomic E-state index is -4.53. The summed E-state index contributed by atoms with van der Waals surface area (Å²) >= 11 is 3.16. The molecule has 0 saturated carbocycles. The Morgan fingerprint density at radius 1 is 1.10 bits per heavy atom. The standard InChI is InChI=1S/C14H13BrF4N2/c1-13(2,3)12-7-11(14(17,18)19)20-21(12)10-5-4-8(16)6-9(10)15/h4-7H,1-3H3. The van der Waals surface area contributed by atoms with Crippen LogP contribution in [0.3, 0.4) is 0 Å². The Morgan fingerprint density at radius 2 is 1.71 bits per heavy atom. The zero-order valence-electron chi connectivity index (χ0n) is 11.6. The lowest BCUT2D eigenvalue weighted by Crippen LogP contribution is -2.17. The van der Waals surface area contributed by atoms with Crippen LogP contribution in [0.5, 0.6) is 0 Å². The van der Waals surface area contributed by atoms with Crippen molar-refractivity contribution in [2.45, 2.75) is 32.4 Å². The van der Waals surface area contributed by atoms with Crippen molar-refractivity contribution in [3.8, 4) is 5.69 Å². The molecule has 1 heterocycles. The maximum Gasteiger partial charge on any atom is 0.435 e. The largest absolute Gasteiger partial charge is 0.435 e. The molecule has 0 fully saturated rings. The number of benzene rings is 1. The van der Waals surface area contributed by atoms with Gasteiger partial charge in [-0.3, -0.25) is 0 Å². The summed E-state index contributed by atoms with van der Waals surface area (Å²) in [5.41, 5.74) is -0.771. The average molecular weight is 365 g/mol. The molecule has 1 aromatic heterocycles. The highest BCUT2D eigenvalue weighted by molar-refractivity contribution is 9.10. The number of aromatic nitrogens is 2. The normalized spacial score (nSPS) is 12.8. The Kier molecular flexibility index (Phi) is 3.90. The van der Waals surface area contributed by atoms with E-state index in [1.165, 1.54) is 22.9 Å². The predicted molar refractivity (Wildman–Crippen MR) is 74.9 cm³/mol. The van der Waals surface area contributed by atoms with E-state index in [1.807, 2.05) is 0 Å². The van der Waals surface area contributed by atoms with Gasteiger partial charge in [0.25, 0.3) is 0 Å². The highest BCUT2D eigenvalue weighted by Crippen LogP contribution is 2.35. The van der Waals surface area contributed by atoms with Crippen molar-refractivity contribution in [1.82, 2.24) is 9.78 Å². The van der Waals surface area contributed by atoms with Gasteiger partial charge in [-0.15, -0.1) is 0 Å². The van der Waals surface area contributed by atoms with Gasteiger partial charge in [-0.2, -0.15) is 18.3 Å². The number of halogens is 5. The van der Waals surface area contributed by atoms with Crippen LogP contribution in [0.1, 0.15) is 32.2 Å². The molecule has 0 amide bonds. The van der Waals surface area contributed by atoms with Crippen molar-refractivity contribution in [3.63, 3.8) is 0 Å². The van der Waals surface area contributed by atoms with E-state index < -0.39 is 23.1 Å². The van der Waals surface area contributed by atoms with Crippen LogP contribution in [-0.4, -0.2) is 9.78 Å². The van der Waals surface area contributed by atoms with Gasteiger partial charge in [0.05, 0.1) is 11.4 Å². The van der Waals surface area contributed by atoms with E-state index in [1.54, 1.807) is 20.8 Å². The average Bonchev–Trinajstić information content (AvgIpc) is 2.72. The van der Waals surface area contributed by atoms with E-state index in [2.05, 4.69) is 21.0 Å². The smallest absolute Gasteiger partial charge is 0.236 e. The molecule has 0 N–H and O–H groups in total. The maximum absolute atomic E-state index is 13.2. The molecular weight excluding hydrogens is 352 g/mol. The second-order valence-corrected chi connectivity index (χ2v) is 6.52. The van der Waals surface area contributed by atoms with Crippen molar-refractivity contribution in [1.29, 1.82) is 0 Å². The molecule has 114 valence electrons. The monoisotopic (exact) mass is 364 g/mol. The van der Waals surface area contributed by atoms with E-state index in [4.69, 9.17) is 0 Å². The molecule has 1 aromatic carbocycles. The van der Waals surface area contributed by atoms with Crippen LogP contribution in [0.4, 0.5) is 17.6 Å². The topological polar surface area (TPSA) is 17.8 Å². The van der Waals surface area contributed by atoms with Crippen LogP contribution in [0.15, 0.2) is 28.7 Å². The molecule has 0 aliphatic carbocycles. The summed E-state index contributed by atoms with van der Waals surface area (Å²) in [4.78, 5) is 0. The van der Waals surface area contributed by atoms with Gasteiger partial charge < -0.3 is 0 Å². The minimum Gasteiger partial charge on any atom is -0.236 e. The van der Waals surface area contributed by atoms with E-state index in [-0.39, 0.29) is 0 Å². The van der Waals surface area contributed by atoms with Crippen LogP contribution in [0.25, 0.3) is 5.69 Å². The zero-order valence-corrected chi connectivity index (χ0v) is 13.2. The second-order valence-electron chi connectivity index (χ2n) is 5.67. The van der Waals surface area contributed by atoms with Gasteiger partial charge >= 0.3 is 6.18 Å². The van der Waals surface area contributed by atoms with Crippen LogP contribution in [0, 0.1) is 5.82 Å². The summed E-state index contributed by atoms with van der Waals surface area (Å²) in [6.45, 7) is 5.37. The quantitative estimate of drug-likeness (QED) is 0.644. The zero-order chi connectivity index (χ0) is 16.0. The van der Waals surface area contributed by atoms with Gasteiger partial charge in [0.2, 0.25) is 0 Å². The molecule has 0 unspecified atom stereocenters. The fraction of sp³-hybridized carbons (Fsp3) is 0.357. The third kappa shape index (κ3) is 3.28. The number of alkyl halides is 3. The van der Waals surface area contributed by atoms with Crippen LogP contribution >= 0.6 is 15.9 Å². The maximum atomic E-state index is 13.2. The number of hydrogen-bond donors (Lipinski definition) is 0. The minimum absolute atomic E-state index is 0.338. The molecule has 2 nitrogen and oxygen atoms in total. The number of rotatable bonds is 1. The van der Waals surface area contributed by atoms with Gasteiger partial charge in [0.1, 0.15) is 5.82 Å². The molecule has 0 saturated heterocycles. The predicted octanol–water partition coefficient (Wildman–Crippen LogP) is 5.09. The molecule has 0 atom stereocenters. The van der Waals surface area contributed by atoms with E-state index in [0.29, 0.717) is 15.9 Å². The molecule has 7 heteroatoms. The Hall–Kier alpha value is -1.37.